The summed E-state index contributed by atoms with van der Waals surface area (Å²) in [5, 5.41) is 0. The molecule has 3 saturated carbocycles. The van der Waals surface area contributed by atoms with Gasteiger partial charge in [-0.1, -0.05) is 25.0 Å². The van der Waals surface area contributed by atoms with E-state index in [4.69, 9.17) is 9.47 Å². The molecule has 1 aliphatic heterocycles. The van der Waals surface area contributed by atoms with Crippen molar-refractivity contribution in [3.63, 3.8) is 0 Å². The van der Waals surface area contributed by atoms with Crippen LogP contribution in [0.15, 0.2) is 11.1 Å². The van der Waals surface area contributed by atoms with E-state index in [2.05, 4.69) is 20.8 Å². The van der Waals surface area contributed by atoms with Gasteiger partial charge >= 0.3 is 0 Å². The van der Waals surface area contributed by atoms with Gasteiger partial charge in [0.05, 0.1) is 13.2 Å². The van der Waals surface area contributed by atoms with E-state index < -0.39 is 0 Å². The average Bonchev–Trinajstić information content (AvgIpc) is 3.15. The Morgan fingerprint density at radius 2 is 1.68 bits per heavy atom. The highest BCUT2D eigenvalue weighted by molar-refractivity contribution is 5.87. The van der Waals surface area contributed by atoms with Gasteiger partial charge in [0.25, 0.3) is 0 Å². The Labute approximate surface area is 151 Å². The maximum atomic E-state index is 12.6. The molecule has 0 radical (unpaired) electrons. The van der Waals surface area contributed by atoms with Gasteiger partial charge in [0, 0.05) is 24.7 Å². The minimum atomic E-state index is -0.324. The van der Waals surface area contributed by atoms with E-state index in [1.165, 1.54) is 19.3 Å². The van der Waals surface area contributed by atoms with Crippen LogP contribution in [-0.4, -0.2) is 24.8 Å². The number of hydrogen-bond acceptors (Lipinski definition) is 3. The molecule has 0 aromatic carbocycles. The molecule has 5 atom stereocenters. The van der Waals surface area contributed by atoms with Crippen molar-refractivity contribution >= 4 is 5.78 Å². The molecular weight excluding hydrogens is 312 g/mol. The second-order valence-electron chi connectivity index (χ2n) is 9.96. The molecular formula is C22H32O3. The fourth-order valence-corrected chi connectivity index (χ4v) is 7.56. The Bertz CT molecular complexity index is 644. The molecule has 25 heavy (non-hydrogen) atoms. The molecule has 3 heteroatoms. The highest BCUT2D eigenvalue weighted by Gasteiger charge is 2.60. The summed E-state index contributed by atoms with van der Waals surface area (Å²) >= 11 is 0. The van der Waals surface area contributed by atoms with Gasteiger partial charge in [-0.05, 0) is 62.2 Å². The van der Waals surface area contributed by atoms with Crippen molar-refractivity contribution < 1.29 is 14.3 Å². The summed E-state index contributed by atoms with van der Waals surface area (Å²) in [5.41, 5.74) is 3.48. The Morgan fingerprint density at radius 3 is 2.44 bits per heavy atom. The van der Waals surface area contributed by atoms with E-state index in [0.29, 0.717) is 23.0 Å². The van der Waals surface area contributed by atoms with E-state index in [1.54, 1.807) is 11.1 Å². The van der Waals surface area contributed by atoms with E-state index in [1.807, 2.05) is 0 Å². The fourth-order valence-electron chi connectivity index (χ4n) is 7.56. The van der Waals surface area contributed by atoms with Crippen molar-refractivity contribution in [2.24, 2.45) is 28.6 Å². The SMILES string of the molecule is CC1=C2CC3(CCC2(C)C2CCC4(C)C(=O)CCC4C2C1)OCCO3. The predicted octanol–water partition coefficient (Wildman–Crippen LogP) is 4.65. The summed E-state index contributed by atoms with van der Waals surface area (Å²) < 4.78 is 12.1. The number of fused-ring (bicyclic) bond motifs is 5. The lowest BCUT2D eigenvalue weighted by Gasteiger charge is -2.59. The minimum Gasteiger partial charge on any atom is -0.347 e. The second kappa shape index (κ2) is 5.19. The van der Waals surface area contributed by atoms with Gasteiger partial charge in [-0.15, -0.1) is 0 Å². The van der Waals surface area contributed by atoms with Crippen molar-refractivity contribution in [2.75, 3.05) is 13.2 Å². The molecule has 1 heterocycles. The first-order chi connectivity index (χ1) is 11.9. The second-order valence-corrected chi connectivity index (χ2v) is 9.96. The summed E-state index contributed by atoms with van der Waals surface area (Å²) in [4.78, 5) is 12.6. The largest absolute Gasteiger partial charge is 0.347 e. The van der Waals surface area contributed by atoms with Gasteiger partial charge in [0.1, 0.15) is 5.78 Å². The summed E-state index contributed by atoms with van der Waals surface area (Å²) in [5.74, 6) is 2.29. The zero-order chi connectivity index (χ0) is 17.4. The highest BCUT2D eigenvalue weighted by atomic mass is 16.7. The standard InChI is InChI=1S/C22H32O3/c1-14-12-15-16-4-5-19(23)21(16,3)7-6-17(15)20(2)8-9-22(13-18(14)20)24-10-11-25-22/h15-17H,4-13H2,1-3H3. The first kappa shape index (κ1) is 16.5. The van der Waals surface area contributed by atoms with Crippen LogP contribution in [0.4, 0.5) is 0 Å². The van der Waals surface area contributed by atoms with Crippen LogP contribution in [0.5, 0.6) is 0 Å². The van der Waals surface area contributed by atoms with Crippen LogP contribution >= 0.6 is 0 Å². The fraction of sp³-hybridized carbons (Fsp3) is 0.864. The Morgan fingerprint density at radius 1 is 0.960 bits per heavy atom. The number of carbonyl (C=O) groups excluding carboxylic acids is 1. The normalized spacial score (nSPS) is 48.4. The zero-order valence-electron chi connectivity index (χ0n) is 16.0. The van der Waals surface area contributed by atoms with Gasteiger partial charge in [-0.25, -0.2) is 0 Å². The number of hydrogen-bond donors (Lipinski definition) is 0. The molecule has 138 valence electrons. The van der Waals surface area contributed by atoms with E-state index >= 15 is 0 Å². The number of allylic oxidation sites excluding steroid dienone is 1. The molecule has 0 aromatic heterocycles. The van der Waals surface area contributed by atoms with E-state index in [-0.39, 0.29) is 11.2 Å². The van der Waals surface area contributed by atoms with Crippen molar-refractivity contribution in [2.45, 2.75) is 77.9 Å². The van der Waals surface area contributed by atoms with Crippen LogP contribution in [0.1, 0.15) is 72.1 Å². The van der Waals surface area contributed by atoms with Crippen LogP contribution in [0.3, 0.4) is 0 Å². The first-order valence-corrected chi connectivity index (χ1v) is 10.4. The molecule has 1 saturated heterocycles. The summed E-state index contributed by atoms with van der Waals surface area (Å²) in [6.07, 6.45) is 8.66. The summed E-state index contributed by atoms with van der Waals surface area (Å²) in [6, 6.07) is 0. The van der Waals surface area contributed by atoms with Crippen molar-refractivity contribution in [3.05, 3.63) is 11.1 Å². The maximum Gasteiger partial charge on any atom is 0.172 e. The molecule has 0 amide bonds. The molecule has 5 unspecified atom stereocenters. The third-order valence-electron chi connectivity index (χ3n) is 9.00. The molecule has 5 rings (SSSR count). The smallest absolute Gasteiger partial charge is 0.172 e. The number of ketones is 1. The zero-order valence-corrected chi connectivity index (χ0v) is 16.0. The summed E-state index contributed by atoms with van der Waals surface area (Å²) in [7, 11) is 0. The van der Waals surface area contributed by atoms with Gasteiger partial charge in [0.15, 0.2) is 5.79 Å². The van der Waals surface area contributed by atoms with Gasteiger partial charge in [-0.3, -0.25) is 4.79 Å². The first-order valence-electron chi connectivity index (χ1n) is 10.4. The molecule has 0 bridgehead atoms. The lowest BCUT2D eigenvalue weighted by molar-refractivity contribution is -0.185. The number of ether oxygens (including phenoxy) is 2. The van der Waals surface area contributed by atoms with Gasteiger partial charge in [0.2, 0.25) is 0 Å². The van der Waals surface area contributed by atoms with E-state index in [9.17, 15) is 4.79 Å². The monoisotopic (exact) mass is 344 g/mol. The highest BCUT2D eigenvalue weighted by Crippen LogP contribution is 2.66. The minimum absolute atomic E-state index is 0.0249. The van der Waals surface area contributed by atoms with Crippen LogP contribution < -0.4 is 0 Å². The molecule has 4 fully saturated rings. The van der Waals surface area contributed by atoms with Crippen LogP contribution in [-0.2, 0) is 14.3 Å². The molecule has 3 nitrogen and oxygen atoms in total. The topological polar surface area (TPSA) is 35.5 Å². The Hall–Kier alpha value is -0.670. The van der Waals surface area contributed by atoms with Crippen molar-refractivity contribution in [1.29, 1.82) is 0 Å². The number of rotatable bonds is 0. The third-order valence-corrected chi connectivity index (χ3v) is 9.00. The Kier molecular flexibility index (Phi) is 3.43. The lowest BCUT2D eigenvalue weighted by atomic mass is 9.46. The number of carbonyl (C=O) groups is 1. The summed E-state index contributed by atoms with van der Waals surface area (Å²) in [6.45, 7) is 8.63. The molecule has 0 N–H and O–H groups in total. The lowest BCUT2D eigenvalue weighted by Crippen LogP contribution is -2.53. The van der Waals surface area contributed by atoms with Crippen LogP contribution in [0, 0.1) is 28.6 Å². The van der Waals surface area contributed by atoms with Crippen molar-refractivity contribution in [1.82, 2.24) is 0 Å². The predicted molar refractivity (Wildman–Crippen MR) is 96.0 cm³/mol. The molecule has 4 aliphatic carbocycles. The van der Waals surface area contributed by atoms with Crippen LogP contribution in [0.2, 0.25) is 0 Å². The van der Waals surface area contributed by atoms with Crippen LogP contribution in [0.25, 0.3) is 0 Å². The van der Waals surface area contributed by atoms with Crippen molar-refractivity contribution in [3.8, 4) is 0 Å². The molecule has 0 aromatic rings. The Balaban J connectivity index is 1.52. The van der Waals surface area contributed by atoms with E-state index in [0.717, 1.165) is 51.2 Å². The quantitative estimate of drug-likeness (QED) is 0.600. The van der Waals surface area contributed by atoms with Gasteiger partial charge in [-0.2, -0.15) is 0 Å². The number of Topliss-reactive ketones (excluding diaryl/α,β-unsaturated/α-hetero) is 1. The third kappa shape index (κ3) is 2.09. The molecule has 1 spiro atoms. The average molecular weight is 344 g/mol. The molecule has 5 aliphatic rings. The van der Waals surface area contributed by atoms with Gasteiger partial charge < -0.3 is 9.47 Å². The maximum absolute atomic E-state index is 12.6.